The summed E-state index contributed by atoms with van der Waals surface area (Å²) in [5.41, 5.74) is 0.930. The van der Waals surface area contributed by atoms with Crippen molar-refractivity contribution in [1.82, 2.24) is 5.32 Å². The molecular formula is C15H21NO4. The lowest BCUT2D eigenvalue weighted by atomic mass is 10.0. The number of amides is 1. The highest BCUT2D eigenvalue weighted by Gasteiger charge is 2.13. The van der Waals surface area contributed by atoms with E-state index in [9.17, 15) is 9.59 Å². The van der Waals surface area contributed by atoms with Crippen molar-refractivity contribution >= 4 is 11.9 Å². The lowest BCUT2D eigenvalue weighted by Gasteiger charge is -2.16. The molecule has 0 aromatic heterocycles. The maximum Gasteiger partial charge on any atom is 0.335 e. The molecule has 1 unspecified atom stereocenters. The van der Waals surface area contributed by atoms with Crippen LogP contribution in [0.15, 0.2) is 24.3 Å². The van der Waals surface area contributed by atoms with E-state index < -0.39 is 5.97 Å². The van der Waals surface area contributed by atoms with E-state index in [4.69, 9.17) is 9.84 Å². The number of hydrogen-bond donors (Lipinski definition) is 2. The molecule has 1 atom stereocenters. The van der Waals surface area contributed by atoms with Gasteiger partial charge >= 0.3 is 5.97 Å². The van der Waals surface area contributed by atoms with Gasteiger partial charge in [-0.1, -0.05) is 25.1 Å². The maximum atomic E-state index is 11.8. The number of carboxylic acids is 1. The molecule has 1 aromatic carbocycles. The predicted octanol–water partition coefficient (Wildman–Crippen LogP) is 1.86. The van der Waals surface area contributed by atoms with Crippen molar-refractivity contribution in [2.75, 3.05) is 13.7 Å². The van der Waals surface area contributed by atoms with Crippen LogP contribution in [0.1, 0.15) is 35.7 Å². The van der Waals surface area contributed by atoms with Crippen molar-refractivity contribution in [2.45, 2.75) is 32.2 Å². The Morgan fingerprint density at radius 1 is 1.35 bits per heavy atom. The molecule has 0 heterocycles. The number of carbonyl (C=O) groups excluding carboxylic acids is 1. The highest BCUT2D eigenvalue weighted by atomic mass is 16.5. The van der Waals surface area contributed by atoms with E-state index in [1.165, 1.54) is 0 Å². The van der Waals surface area contributed by atoms with Crippen LogP contribution in [0, 0.1) is 0 Å². The van der Waals surface area contributed by atoms with Crippen LogP contribution in [0.5, 0.6) is 0 Å². The van der Waals surface area contributed by atoms with E-state index in [0.717, 1.165) is 6.42 Å². The number of benzene rings is 1. The number of methoxy groups -OCH3 is 1. The fourth-order valence-corrected chi connectivity index (χ4v) is 1.96. The van der Waals surface area contributed by atoms with Crippen molar-refractivity contribution in [3.8, 4) is 0 Å². The highest BCUT2D eigenvalue weighted by molar-refractivity contribution is 5.89. The molecule has 0 radical (unpaired) electrons. The fraction of sp³-hybridized carbons (Fsp3) is 0.467. The molecule has 5 nitrogen and oxygen atoms in total. The first-order chi connectivity index (χ1) is 9.58. The summed E-state index contributed by atoms with van der Waals surface area (Å²) < 4.78 is 5.02. The van der Waals surface area contributed by atoms with Crippen molar-refractivity contribution in [2.24, 2.45) is 0 Å². The van der Waals surface area contributed by atoms with E-state index in [0.29, 0.717) is 18.6 Å². The number of rotatable bonds is 8. The molecule has 0 aliphatic rings. The van der Waals surface area contributed by atoms with Crippen LogP contribution in [0.3, 0.4) is 0 Å². The van der Waals surface area contributed by atoms with Gasteiger partial charge in [0.1, 0.15) is 0 Å². The van der Waals surface area contributed by atoms with Gasteiger partial charge in [-0.3, -0.25) is 4.79 Å². The normalized spacial score (nSPS) is 11.9. The third-order valence-corrected chi connectivity index (χ3v) is 3.09. The molecule has 0 fully saturated rings. The summed E-state index contributed by atoms with van der Waals surface area (Å²) in [6.45, 7) is 2.46. The van der Waals surface area contributed by atoms with E-state index in [-0.39, 0.29) is 23.9 Å². The van der Waals surface area contributed by atoms with Crippen molar-refractivity contribution in [3.63, 3.8) is 0 Å². The van der Waals surface area contributed by atoms with Gasteiger partial charge in [0.2, 0.25) is 5.91 Å². The SMILES string of the molecule is CCC(COC)NC(=O)CCc1ccccc1C(=O)O. The Hall–Kier alpha value is -1.88. The first-order valence-corrected chi connectivity index (χ1v) is 6.68. The number of hydrogen-bond acceptors (Lipinski definition) is 3. The number of carboxylic acid groups (broad SMARTS) is 1. The van der Waals surface area contributed by atoms with Gasteiger partial charge in [0, 0.05) is 13.5 Å². The number of aryl methyl sites for hydroxylation is 1. The van der Waals surface area contributed by atoms with E-state index >= 15 is 0 Å². The van der Waals surface area contributed by atoms with Gasteiger partial charge in [0.05, 0.1) is 18.2 Å². The second-order valence-corrected chi connectivity index (χ2v) is 4.59. The largest absolute Gasteiger partial charge is 0.478 e. The number of aromatic carboxylic acids is 1. The molecule has 5 heteroatoms. The van der Waals surface area contributed by atoms with Gasteiger partial charge in [-0.05, 0) is 24.5 Å². The second kappa shape index (κ2) is 8.32. The predicted molar refractivity (Wildman–Crippen MR) is 75.8 cm³/mol. The first kappa shape index (κ1) is 16.2. The topological polar surface area (TPSA) is 75.6 Å². The Morgan fingerprint density at radius 3 is 2.65 bits per heavy atom. The minimum Gasteiger partial charge on any atom is -0.478 e. The van der Waals surface area contributed by atoms with Gasteiger partial charge in [-0.25, -0.2) is 4.79 Å². The summed E-state index contributed by atoms with van der Waals surface area (Å²) in [7, 11) is 1.60. The number of nitrogens with one attached hydrogen (secondary N) is 1. The Labute approximate surface area is 118 Å². The highest BCUT2D eigenvalue weighted by Crippen LogP contribution is 2.11. The van der Waals surface area contributed by atoms with Crippen molar-refractivity contribution in [3.05, 3.63) is 35.4 Å². The summed E-state index contributed by atoms with van der Waals surface area (Å²) in [5, 5.41) is 11.9. The Kier molecular flexibility index (Phi) is 6.73. The average Bonchev–Trinajstić information content (AvgIpc) is 2.44. The molecule has 0 saturated carbocycles. The Morgan fingerprint density at radius 2 is 2.05 bits per heavy atom. The Balaban J connectivity index is 2.55. The molecule has 0 bridgehead atoms. The van der Waals surface area contributed by atoms with Gasteiger partial charge in [0.25, 0.3) is 0 Å². The molecular weight excluding hydrogens is 258 g/mol. The minimum absolute atomic E-state index is 0.00205. The minimum atomic E-state index is -0.966. The molecule has 0 aliphatic carbocycles. The lowest BCUT2D eigenvalue weighted by Crippen LogP contribution is -2.37. The molecule has 1 amide bonds. The molecule has 20 heavy (non-hydrogen) atoms. The zero-order chi connectivity index (χ0) is 15.0. The monoisotopic (exact) mass is 279 g/mol. The van der Waals surface area contributed by atoms with Crippen LogP contribution in [-0.4, -0.2) is 36.7 Å². The smallest absolute Gasteiger partial charge is 0.335 e. The standard InChI is InChI=1S/C15H21NO4/c1-3-12(10-20-2)16-14(17)9-8-11-6-4-5-7-13(11)15(18)19/h4-7,12H,3,8-10H2,1-2H3,(H,16,17)(H,18,19). The van der Waals surface area contributed by atoms with Crippen LogP contribution < -0.4 is 5.32 Å². The molecule has 110 valence electrons. The van der Waals surface area contributed by atoms with Gasteiger partial charge in [0.15, 0.2) is 0 Å². The van der Waals surface area contributed by atoms with Crippen LogP contribution in [0.2, 0.25) is 0 Å². The summed E-state index contributed by atoms with van der Waals surface area (Å²) in [6, 6.07) is 6.75. The van der Waals surface area contributed by atoms with E-state index in [1.807, 2.05) is 6.92 Å². The van der Waals surface area contributed by atoms with Crippen LogP contribution in [0.4, 0.5) is 0 Å². The summed E-state index contributed by atoms with van der Waals surface area (Å²) in [5.74, 6) is -1.05. The molecule has 0 saturated heterocycles. The van der Waals surface area contributed by atoms with Crippen LogP contribution >= 0.6 is 0 Å². The number of ether oxygens (including phenoxy) is 1. The summed E-state index contributed by atoms with van der Waals surface area (Å²) in [4.78, 5) is 22.9. The third-order valence-electron chi connectivity index (χ3n) is 3.09. The van der Waals surface area contributed by atoms with Gasteiger partial charge in [-0.2, -0.15) is 0 Å². The Bertz CT molecular complexity index is 459. The van der Waals surface area contributed by atoms with Gasteiger partial charge < -0.3 is 15.2 Å². The zero-order valence-electron chi connectivity index (χ0n) is 11.9. The molecule has 0 aliphatic heterocycles. The summed E-state index contributed by atoms with van der Waals surface area (Å²) in [6.07, 6.45) is 1.48. The zero-order valence-corrected chi connectivity index (χ0v) is 11.9. The first-order valence-electron chi connectivity index (χ1n) is 6.68. The van der Waals surface area contributed by atoms with Crippen LogP contribution in [0.25, 0.3) is 0 Å². The second-order valence-electron chi connectivity index (χ2n) is 4.59. The van der Waals surface area contributed by atoms with Crippen LogP contribution in [-0.2, 0) is 16.0 Å². The fourth-order valence-electron chi connectivity index (χ4n) is 1.96. The quantitative estimate of drug-likeness (QED) is 0.761. The molecule has 2 N–H and O–H groups in total. The molecule has 0 spiro atoms. The van der Waals surface area contributed by atoms with Gasteiger partial charge in [-0.15, -0.1) is 0 Å². The van der Waals surface area contributed by atoms with Crippen molar-refractivity contribution < 1.29 is 19.4 Å². The molecule has 1 aromatic rings. The van der Waals surface area contributed by atoms with E-state index in [2.05, 4.69) is 5.32 Å². The summed E-state index contributed by atoms with van der Waals surface area (Å²) >= 11 is 0. The van der Waals surface area contributed by atoms with Crippen molar-refractivity contribution in [1.29, 1.82) is 0 Å². The third kappa shape index (κ3) is 5.01. The number of carbonyl (C=O) groups is 2. The van der Waals surface area contributed by atoms with E-state index in [1.54, 1.807) is 31.4 Å². The molecule has 1 rings (SSSR count). The average molecular weight is 279 g/mol. The lowest BCUT2D eigenvalue weighted by molar-refractivity contribution is -0.122. The maximum absolute atomic E-state index is 11.8.